The fourth-order valence-electron chi connectivity index (χ4n) is 2.12. The lowest BCUT2D eigenvalue weighted by Crippen LogP contribution is -2.21. The number of aromatic hydroxyl groups is 1. The van der Waals surface area contributed by atoms with E-state index in [0.717, 1.165) is 28.6 Å². The van der Waals surface area contributed by atoms with Gasteiger partial charge in [-0.1, -0.05) is 15.9 Å². The molecule has 2 rings (SSSR count). The molecule has 0 saturated carbocycles. The average molecular weight is 286 g/mol. The molecule has 1 saturated heterocycles. The quantitative estimate of drug-likeness (QED) is 0.874. The van der Waals surface area contributed by atoms with Crippen LogP contribution >= 0.6 is 15.9 Å². The van der Waals surface area contributed by atoms with Crippen molar-refractivity contribution in [1.29, 1.82) is 0 Å². The Kier molecular flexibility index (Phi) is 3.52. The summed E-state index contributed by atoms with van der Waals surface area (Å²) in [5.41, 5.74) is 1.80. The van der Waals surface area contributed by atoms with Crippen molar-refractivity contribution in [2.45, 2.75) is 26.0 Å². The zero-order valence-electron chi connectivity index (χ0n) is 9.28. The van der Waals surface area contributed by atoms with E-state index in [9.17, 15) is 10.2 Å². The highest BCUT2D eigenvalue weighted by atomic mass is 79.9. The minimum Gasteiger partial charge on any atom is -0.507 e. The van der Waals surface area contributed by atoms with Crippen molar-refractivity contribution in [1.82, 2.24) is 4.90 Å². The molecule has 3 nitrogen and oxygen atoms in total. The second-order valence-corrected chi connectivity index (χ2v) is 5.32. The first-order chi connectivity index (χ1) is 7.56. The summed E-state index contributed by atoms with van der Waals surface area (Å²) in [6.45, 7) is 4.18. The van der Waals surface area contributed by atoms with Gasteiger partial charge in [0.25, 0.3) is 0 Å². The van der Waals surface area contributed by atoms with Crippen LogP contribution in [0, 0.1) is 6.92 Å². The number of hydrogen-bond acceptors (Lipinski definition) is 3. The Morgan fingerprint density at radius 3 is 2.88 bits per heavy atom. The van der Waals surface area contributed by atoms with Crippen molar-refractivity contribution < 1.29 is 10.2 Å². The Bertz CT molecular complexity index is 395. The molecule has 0 bridgehead atoms. The maximum atomic E-state index is 9.94. The van der Waals surface area contributed by atoms with Gasteiger partial charge in [-0.25, -0.2) is 0 Å². The molecule has 1 atom stereocenters. The molecule has 1 aliphatic heterocycles. The van der Waals surface area contributed by atoms with Crippen molar-refractivity contribution in [2.24, 2.45) is 0 Å². The third kappa shape index (κ3) is 2.56. The van der Waals surface area contributed by atoms with Crippen LogP contribution in [0.25, 0.3) is 0 Å². The summed E-state index contributed by atoms with van der Waals surface area (Å²) in [7, 11) is 0. The Balaban J connectivity index is 2.15. The molecule has 4 heteroatoms. The van der Waals surface area contributed by atoms with Crippen molar-refractivity contribution in [3.8, 4) is 5.75 Å². The molecule has 88 valence electrons. The van der Waals surface area contributed by atoms with Crippen LogP contribution in [-0.2, 0) is 6.54 Å². The summed E-state index contributed by atoms with van der Waals surface area (Å²) in [5.74, 6) is 0.365. The van der Waals surface area contributed by atoms with E-state index in [1.54, 1.807) is 0 Å². The molecule has 0 aromatic heterocycles. The molecule has 1 aliphatic rings. The van der Waals surface area contributed by atoms with Crippen molar-refractivity contribution >= 4 is 15.9 Å². The maximum Gasteiger partial charge on any atom is 0.123 e. The zero-order chi connectivity index (χ0) is 11.7. The molecule has 2 N–H and O–H groups in total. The number of hydrogen-bond donors (Lipinski definition) is 2. The highest BCUT2D eigenvalue weighted by molar-refractivity contribution is 9.10. The third-order valence-electron chi connectivity index (χ3n) is 2.99. The summed E-state index contributed by atoms with van der Waals surface area (Å²) in [5, 5.41) is 19.4. The van der Waals surface area contributed by atoms with E-state index >= 15 is 0 Å². The lowest BCUT2D eigenvalue weighted by Gasteiger charge is -2.17. The number of rotatable bonds is 2. The number of halogens is 1. The number of aliphatic hydroxyl groups excluding tert-OH is 1. The van der Waals surface area contributed by atoms with E-state index in [1.807, 2.05) is 19.1 Å². The van der Waals surface area contributed by atoms with Gasteiger partial charge in [-0.3, -0.25) is 4.90 Å². The van der Waals surface area contributed by atoms with Crippen molar-refractivity contribution in [3.05, 3.63) is 27.7 Å². The molecule has 0 radical (unpaired) electrons. The van der Waals surface area contributed by atoms with Gasteiger partial charge in [0.2, 0.25) is 0 Å². The zero-order valence-corrected chi connectivity index (χ0v) is 10.9. The highest BCUT2D eigenvalue weighted by Gasteiger charge is 2.21. The third-order valence-corrected chi connectivity index (χ3v) is 3.44. The van der Waals surface area contributed by atoms with Crippen molar-refractivity contribution in [2.75, 3.05) is 13.1 Å². The number of phenolic OH excluding ortho intramolecular Hbond substituents is 1. The first kappa shape index (κ1) is 11.9. The first-order valence-electron chi connectivity index (χ1n) is 5.44. The molecule has 1 aromatic carbocycles. The number of likely N-dealkylation sites (tertiary alicyclic amines) is 1. The van der Waals surface area contributed by atoms with Gasteiger partial charge >= 0.3 is 0 Å². The average Bonchev–Trinajstić information content (AvgIpc) is 2.60. The molecule has 0 unspecified atom stereocenters. The van der Waals surface area contributed by atoms with Gasteiger partial charge in [0.05, 0.1) is 6.10 Å². The van der Waals surface area contributed by atoms with Crippen molar-refractivity contribution in [3.63, 3.8) is 0 Å². The largest absolute Gasteiger partial charge is 0.507 e. The van der Waals surface area contributed by atoms with E-state index in [-0.39, 0.29) is 6.10 Å². The lowest BCUT2D eigenvalue weighted by molar-refractivity contribution is 0.174. The lowest BCUT2D eigenvalue weighted by atomic mass is 10.1. The summed E-state index contributed by atoms with van der Waals surface area (Å²) in [6.07, 6.45) is 0.615. The predicted molar refractivity (Wildman–Crippen MR) is 66.4 cm³/mol. The second-order valence-electron chi connectivity index (χ2n) is 4.41. The number of aryl methyl sites for hydroxylation is 1. The summed E-state index contributed by atoms with van der Waals surface area (Å²) < 4.78 is 0.984. The molecular weight excluding hydrogens is 270 g/mol. The van der Waals surface area contributed by atoms with Crippen LogP contribution in [0.15, 0.2) is 16.6 Å². The monoisotopic (exact) mass is 285 g/mol. The summed E-state index contributed by atoms with van der Waals surface area (Å²) in [4.78, 5) is 2.16. The maximum absolute atomic E-state index is 9.94. The normalized spacial score (nSPS) is 21.6. The van der Waals surface area contributed by atoms with Gasteiger partial charge in [0, 0.05) is 29.7 Å². The van der Waals surface area contributed by atoms with E-state index in [1.165, 1.54) is 0 Å². The minimum absolute atomic E-state index is 0.213. The van der Waals surface area contributed by atoms with Gasteiger partial charge < -0.3 is 10.2 Å². The Hall–Kier alpha value is -0.580. The van der Waals surface area contributed by atoms with E-state index in [0.29, 0.717) is 18.8 Å². The molecule has 16 heavy (non-hydrogen) atoms. The number of phenols is 1. The smallest absolute Gasteiger partial charge is 0.123 e. The topological polar surface area (TPSA) is 43.7 Å². The fraction of sp³-hybridized carbons (Fsp3) is 0.500. The van der Waals surface area contributed by atoms with E-state index in [2.05, 4.69) is 20.8 Å². The van der Waals surface area contributed by atoms with Gasteiger partial charge in [0.1, 0.15) is 5.75 Å². The van der Waals surface area contributed by atoms with Crippen LogP contribution in [0.3, 0.4) is 0 Å². The molecule has 0 aliphatic carbocycles. The standard InChI is InChI=1S/C12H16BrNO2/c1-8-4-10(13)5-9(12(8)16)6-14-3-2-11(15)7-14/h4-5,11,15-16H,2-3,6-7H2,1H3/t11-/m0/s1. The van der Waals surface area contributed by atoms with E-state index in [4.69, 9.17) is 0 Å². The molecular formula is C12H16BrNO2. The number of aliphatic hydroxyl groups is 1. The molecule has 1 heterocycles. The highest BCUT2D eigenvalue weighted by Crippen LogP contribution is 2.28. The van der Waals surface area contributed by atoms with Gasteiger partial charge in [0.15, 0.2) is 0 Å². The Labute approximate surface area is 104 Å². The molecule has 1 fully saturated rings. The first-order valence-corrected chi connectivity index (χ1v) is 6.24. The fourth-order valence-corrected chi connectivity index (χ4v) is 2.74. The van der Waals surface area contributed by atoms with Crippen LogP contribution < -0.4 is 0 Å². The SMILES string of the molecule is Cc1cc(Br)cc(CN2CC[C@H](O)C2)c1O. The number of benzene rings is 1. The predicted octanol–water partition coefficient (Wildman–Crippen LogP) is 2.03. The van der Waals surface area contributed by atoms with Gasteiger partial charge in [-0.05, 0) is 31.0 Å². The summed E-state index contributed by atoms with van der Waals surface area (Å²) in [6, 6.07) is 3.84. The van der Waals surface area contributed by atoms with Gasteiger partial charge in [-0.15, -0.1) is 0 Å². The summed E-state index contributed by atoms with van der Waals surface area (Å²) >= 11 is 3.43. The van der Waals surface area contributed by atoms with Crippen LogP contribution in [0.4, 0.5) is 0 Å². The van der Waals surface area contributed by atoms with Crippen LogP contribution in [0.1, 0.15) is 17.5 Å². The van der Waals surface area contributed by atoms with Gasteiger partial charge in [-0.2, -0.15) is 0 Å². The Morgan fingerprint density at radius 1 is 1.50 bits per heavy atom. The second kappa shape index (κ2) is 4.73. The molecule has 0 spiro atoms. The minimum atomic E-state index is -0.213. The van der Waals surface area contributed by atoms with E-state index < -0.39 is 0 Å². The number of β-amino-alcohol motifs (C(OH)–C–C–N with tert-alkyl or cyclic N) is 1. The van der Waals surface area contributed by atoms with Crippen LogP contribution in [-0.4, -0.2) is 34.3 Å². The Morgan fingerprint density at radius 2 is 2.25 bits per heavy atom. The molecule has 0 amide bonds. The molecule has 1 aromatic rings. The van der Waals surface area contributed by atoms with Crippen LogP contribution in [0.5, 0.6) is 5.75 Å². The van der Waals surface area contributed by atoms with Crippen LogP contribution in [0.2, 0.25) is 0 Å². The number of nitrogens with zero attached hydrogens (tertiary/aromatic N) is 1.